The van der Waals surface area contributed by atoms with Crippen LogP contribution in [0, 0.1) is 0 Å². The van der Waals surface area contributed by atoms with E-state index in [4.69, 9.17) is 16.3 Å². The van der Waals surface area contributed by atoms with Crippen molar-refractivity contribution in [2.24, 2.45) is 0 Å². The molecule has 1 atom stereocenters. The number of carbonyl (C=O) groups is 3. The van der Waals surface area contributed by atoms with Crippen LogP contribution in [0.25, 0.3) is 0 Å². The standard InChI is InChI=1S/C24H18ClNO5/c25-18-9-6-15(7-10-18)13-31-14-21(16-4-2-1-3-5-16)26-22(27)19-11-8-17(24(29)30)12-20(19)23(26)28/h1-12,21H,13-14H2,(H,29,30)/t21-/m1/s1. The Bertz CT molecular complexity index is 1140. The second-order valence-electron chi connectivity index (χ2n) is 7.11. The molecule has 0 saturated heterocycles. The third kappa shape index (κ3) is 4.21. The zero-order valence-electron chi connectivity index (χ0n) is 16.3. The number of hydrogen-bond acceptors (Lipinski definition) is 4. The van der Waals surface area contributed by atoms with Gasteiger partial charge in [0.1, 0.15) is 0 Å². The summed E-state index contributed by atoms with van der Waals surface area (Å²) in [6.45, 7) is 0.372. The van der Waals surface area contributed by atoms with Crippen molar-refractivity contribution in [3.05, 3.63) is 106 Å². The monoisotopic (exact) mass is 435 g/mol. The second kappa shape index (κ2) is 8.71. The molecule has 0 spiro atoms. The van der Waals surface area contributed by atoms with Gasteiger partial charge in [-0.25, -0.2) is 4.79 Å². The third-order valence-corrected chi connectivity index (χ3v) is 5.37. The summed E-state index contributed by atoms with van der Waals surface area (Å²) >= 11 is 5.91. The van der Waals surface area contributed by atoms with Crippen molar-refractivity contribution < 1.29 is 24.2 Å². The number of aromatic carboxylic acids is 1. The fraction of sp³-hybridized carbons (Fsp3) is 0.125. The molecule has 0 unspecified atom stereocenters. The number of nitrogens with zero attached hydrogens (tertiary/aromatic N) is 1. The molecule has 1 aliphatic rings. The molecule has 7 heteroatoms. The molecule has 0 radical (unpaired) electrons. The Morgan fingerprint density at radius 2 is 1.61 bits per heavy atom. The number of ether oxygens (including phenoxy) is 1. The lowest BCUT2D eigenvalue weighted by Crippen LogP contribution is -2.36. The van der Waals surface area contributed by atoms with Crippen molar-refractivity contribution in [1.29, 1.82) is 0 Å². The molecule has 1 aliphatic heterocycles. The second-order valence-corrected chi connectivity index (χ2v) is 7.55. The highest BCUT2D eigenvalue weighted by atomic mass is 35.5. The Kier molecular flexibility index (Phi) is 5.84. The highest BCUT2D eigenvalue weighted by Gasteiger charge is 2.41. The van der Waals surface area contributed by atoms with Crippen LogP contribution in [-0.2, 0) is 11.3 Å². The summed E-state index contributed by atoms with van der Waals surface area (Å²) in [5, 5.41) is 9.85. The first-order valence-electron chi connectivity index (χ1n) is 9.58. The highest BCUT2D eigenvalue weighted by Crippen LogP contribution is 2.32. The molecule has 1 heterocycles. The predicted octanol–water partition coefficient (Wildman–Crippen LogP) is 4.59. The van der Waals surface area contributed by atoms with Gasteiger partial charge in [-0.1, -0.05) is 54.1 Å². The smallest absolute Gasteiger partial charge is 0.335 e. The van der Waals surface area contributed by atoms with Crippen molar-refractivity contribution in [3.8, 4) is 0 Å². The van der Waals surface area contributed by atoms with Crippen LogP contribution in [0.3, 0.4) is 0 Å². The molecule has 0 aliphatic carbocycles. The van der Waals surface area contributed by atoms with Crippen LogP contribution in [-0.4, -0.2) is 34.4 Å². The Morgan fingerprint density at radius 1 is 0.935 bits per heavy atom. The Balaban J connectivity index is 1.61. The maximum Gasteiger partial charge on any atom is 0.335 e. The number of fused-ring (bicyclic) bond motifs is 1. The first-order valence-corrected chi connectivity index (χ1v) is 9.96. The van der Waals surface area contributed by atoms with E-state index in [1.165, 1.54) is 18.2 Å². The van der Waals surface area contributed by atoms with Gasteiger partial charge in [0, 0.05) is 5.02 Å². The summed E-state index contributed by atoms with van der Waals surface area (Å²) in [6, 6.07) is 19.6. The Labute approximate surface area is 183 Å². The van der Waals surface area contributed by atoms with E-state index in [1.54, 1.807) is 12.1 Å². The normalized spacial score (nSPS) is 13.9. The first-order chi connectivity index (χ1) is 15.0. The van der Waals surface area contributed by atoms with Crippen molar-refractivity contribution in [2.75, 3.05) is 6.61 Å². The molecule has 31 heavy (non-hydrogen) atoms. The van der Waals surface area contributed by atoms with E-state index in [-0.39, 0.29) is 29.9 Å². The maximum atomic E-state index is 13.1. The van der Waals surface area contributed by atoms with E-state index in [0.717, 1.165) is 16.0 Å². The maximum absolute atomic E-state index is 13.1. The molecule has 0 aromatic heterocycles. The van der Waals surface area contributed by atoms with E-state index in [1.807, 2.05) is 42.5 Å². The molecule has 0 fully saturated rings. The lowest BCUT2D eigenvalue weighted by atomic mass is 10.1. The number of carbonyl (C=O) groups excluding carboxylic acids is 2. The van der Waals surface area contributed by atoms with Crippen molar-refractivity contribution >= 4 is 29.4 Å². The molecule has 1 N–H and O–H groups in total. The summed E-state index contributed by atoms with van der Waals surface area (Å²) in [4.78, 5) is 38.6. The number of imide groups is 1. The lowest BCUT2D eigenvalue weighted by molar-refractivity contribution is 0.0359. The zero-order chi connectivity index (χ0) is 22.0. The molecular weight excluding hydrogens is 418 g/mol. The Morgan fingerprint density at radius 3 is 2.29 bits per heavy atom. The van der Waals surface area contributed by atoms with Gasteiger partial charge in [-0.3, -0.25) is 14.5 Å². The number of amides is 2. The topological polar surface area (TPSA) is 83.9 Å². The average Bonchev–Trinajstić information content (AvgIpc) is 3.03. The molecule has 156 valence electrons. The van der Waals surface area contributed by atoms with Gasteiger partial charge in [0.05, 0.1) is 35.9 Å². The average molecular weight is 436 g/mol. The first kappa shape index (κ1) is 20.8. The number of halogens is 1. The van der Waals surface area contributed by atoms with Gasteiger partial charge < -0.3 is 9.84 Å². The van der Waals surface area contributed by atoms with Crippen LogP contribution < -0.4 is 0 Å². The minimum atomic E-state index is -1.16. The molecule has 3 aromatic carbocycles. The van der Waals surface area contributed by atoms with E-state index >= 15 is 0 Å². The van der Waals surface area contributed by atoms with E-state index < -0.39 is 23.8 Å². The molecular formula is C24H18ClNO5. The quantitative estimate of drug-likeness (QED) is 0.548. The van der Waals surface area contributed by atoms with Crippen LogP contribution in [0.4, 0.5) is 0 Å². The fourth-order valence-electron chi connectivity index (χ4n) is 3.54. The largest absolute Gasteiger partial charge is 0.478 e. The zero-order valence-corrected chi connectivity index (χ0v) is 17.1. The predicted molar refractivity (Wildman–Crippen MR) is 114 cm³/mol. The van der Waals surface area contributed by atoms with Crippen LogP contribution in [0.5, 0.6) is 0 Å². The summed E-state index contributed by atoms with van der Waals surface area (Å²) in [5.41, 5.74) is 1.88. The summed E-state index contributed by atoms with van der Waals surface area (Å²) < 4.78 is 5.86. The number of benzene rings is 3. The van der Waals surface area contributed by atoms with Crippen LogP contribution in [0.2, 0.25) is 5.02 Å². The summed E-state index contributed by atoms with van der Waals surface area (Å²) in [7, 11) is 0. The van der Waals surface area contributed by atoms with Gasteiger partial charge in [0.15, 0.2) is 0 Å². The minimum Gasteiger partial charge on any atom is -0.478 e. The van der Waals surface area contributed by atoms with E-state index in [2.05, 4.69) is 0 Å². The highest BCUT2D eigenvalue weighted by molar-refractivity contribution is 6.30. The number of rotatable bonds is 7. The van der Waals surface area contributed by atoms with Crippen LogP contribution >= 0.6 is 11.6 Å². The van der Waals surface area contributed by atoms with Gasteiger partial charge in [-0.05, 0) is 41.5 Å². The summed E-state index contributed by atoms with van der Waals surface area (Å²) in [6.07, 6.45) is 0. The number of hydrogen-bond donors (Lipinski definition) is 1. The van der Waals surface area contributed by atoms with Gasteiger partial charge in [-0.15, -0.1) is 0 Å². The van der Waals surface area contributed by atoms with Crippen LogP contribution in [0.15, 0.2) is 72.8 Å². The van der Waals surface area contributed by atoms with Crippen molar-refractivity contribution in [1.82, 2.24) is 4.90 Å². The third-order valence-electron chi connectivity index (χ3n) is 5.12. The number of carboxylic acids is 1. The van der Waals surface area contributed by atoms with Gasteiger partial charge >= 0.3 is 5.97 Å². The van der Waals surface area contributed by atoms with E-state index in [9.17, 15) is 19.5 Å². The molecule has 2 amide bonds. The van der Waals surface area contributed by atoms with Gasteiger partial charge in [0.2, 0.25) is 0 Å². The van der Waals surface area contributed by atoms with Crippen LogP contribution in [0.1, 0.15) is 48.2 Å². The Hall–Kier alpha value is -3.48. The molecule has 4 rings (SSSR count). The fourth-order valence-corrected chi connectivity index (χ4v) is 3.67. The van der Waals surface area contributed by atoms with Crippen molar-refractivity contribution in [2.45, 2.75) is 12.6 Å². The molecule has 0 saturated carbocycles. The molecule has 6 nitrogen and oxygen atoms in total. The van der Waals surface area contributed by atoms with Crippen molar-refractivity contribution in [3.63, 3.8) is 0 Å². The summed E-state index contributed by atoms with van der Waals surface area (Å²) in [5.74, 6) is -2.17. The lowest BCUT2D eigenvalue weighted by Gasteiger charge is -2.26. The minimum absolute atomic E-state index is 0.0444. The number of carboxylic acid groups (broad SMARTS) is 1. The molecule has 3 aromatic rings. The van der Waals surface area contributed by atoms with Gasteiger partial charge in [0.25, 0.3) is 11.8 Å². The molecule has 0 bridgehead atoms. The SMILES string of the molecule is O=C(O)c1ccc2c(c1)C(=O)N([C@H](COCc1ccc(Cl)cc1)c1ccccc1)C2=O. The van der Waals surface area contributed by atoms with E-state index in [0.29, 0.717) is 5.02 Å². The van der Waals surface area contributed by atoms with Gasteiger partial charge in [-0.2, -0.15) is 0 Å².